The van der Waals surface area contributed by atoms with Gasteiger partial charge in [0.05, 0.1) is 16.9 Å². The third-order valence-corrected chi connectivity index (χ3v) is 7.02. The van der Waals surface area contributed by atoms with E-state index in [1.54, 1.807) is 6.92 Å². The molecular formula is C18H14O9. The summed E-state index contributed by atoms with van der Waals surface area (Å²) in [4.78, 5) is 37.0. The normalized spacial score (nSPS) is 53.1. The van der Waals surface area contributed by atoms with Crippen molar-refractivity contribution in [3.05, 3.63) is 35.6 Å². The largest absolute Gasteiger partial charge is 0.456 e. The topological polar surface area (TPSA) is 129 Å². The highest BCUT2D eigenvalue weighted by Gasteiger charge is 2.96. The van der Waals surface area contributed by atoms with Crippen molar-refractivity contribution >= 4 is 17.9 Å². The molecule has 2 aliphatic carbocycles. The summed E-state index contributed by atoms with van der Waals surface area (Å²) in [7, 11) is 0. The Labute approximate surface area is 151 Å². The van der Waals surface area contributed by atoms with Gasteiger partial charge in [0.1, 0.15) is 11.9 Å². The number of hydrogen-bond acceptors (Lipinski definition) is 9. The molecule has 0 aromatic rings. The minimum absolute atomic E-state index is 0.112. The van der Waals surface area contributed by atoms with Crippen LogP contribution in [0.4, 0.5) is 0 Å². The van der Waals surface area contributed by atoms with Gasteiger partial charge in [-0.05, 0) is 13.0 Å². The zero-order valence-corrected chi connectivity index (χ0v) is 14.0. The fourth-order valence-corrected chi connectivity index (χ4v) is 6.40. The molecule has 27 heavy (non-hydrogen) atoms. The molecule has 0 radical (unpaired) electrons. The Morgan fingerprint density at radius 3 is 2.67 bits per heavy atom. The van der Waals surface area contributed by atoms with E-state index in [9.17, 15) is 24.6 Å². The van der Waals surface area contributed by atoms with Crippen LogP contribution in [0.25, 0.3) is 0 Å². The van der Waals surface area contributed by atoms with Gasteiger partial charge in [-0.15, -0.1) is 0 Å². The van der Waals surface area contributed by atoms with E-state index in [1.165, 1.54) is 6.08 Å². The molecule has 2 N–H and O–H groups in total. The second-order valence-electron chi connectivity index (χ2n) is 7.90. The number of aliphatic hydroxyl groups is 2. The first kappa shape index (κ1) is 15.6. The second kappa shape index (κ2) is 4.01. The van der Waals surface area contributed by atoms with Crippen LogP contribution in [0, 0.1) is 16.7 Å². The monoisotopic (exact) mass is 374 g/mol. The molecule has 5 unspecified atom stereocenters. The molecule has 2 spiro atoms. The number of rotatable bonds is 1. The van der Waals surface area contributed by atoms with E-state index in [0.29, 0.717) is 5.57 Å². The average Bonchev–Trinajstić information content (AvgIpc) is 3.30. The molecule has 0 aromatic heterocycles. The molecular weight excluding hydrogens is 360 g/mol. The van der Waals surface area contributed by atoms with E-state index in [4.69, 9.17) is 18.9 Å². The van der Waals surface area contributed by atoms with Crippen molar-refractivity contribution in [3.8, 4) is 0 Å². The van der Waals surface area contributed by atoms with Gasteiger partial charge >= 0.3 is 17.9 Å². The van der Waals surface area contributed by atoms with Crippen LogP contribution in [0.15, 0.2) is 35.6 Å². The molecule has 140 valence electrons. The van der Waals surface area contributed by atoms with E-state index in [0.717, 1.165) is 6.08 Å². The van der Waals surface area contributed by atoms with E-state index in [-0.39, 0.29) is 11.3 Å². The zero-order chi connectivity index (χ0) is 19.1. The Morgan fingerprint density at radius 1 is 1.22 bits per heavy atom. The molecule has 8 atom stereocenters. The summed E-state index contributed by atoms with van der Waals surface area (Å²) >= 11 is 0. The maximum atomic E-state index is 13.0. The van der Waals surface area contributed by atoms with E-state index in [1.807, 2.05) is 0 Å². The summed E-state index contributed by atoms with van der Waals surface area (Å²) in [6.45, 7) is 5.55. The van der Waals surface area contributed by atoms with Crippen LogP contribution in [0.3, 0.4) is 0 Å². The summed E-state index contributed by atoms with van der Waals surface area (Å²) in [5, 5.41) is 22.0. The van der Waals surface area contributed by atoms with Crippen LogP contribution in [0.5, 0.6) is 0 Å². The van der Waals surface area contributed by atoms with Crippen molar-refractivity contribution in [2.45, 2.75) is 37.1 Å². The molecule has 0 amide bonds. The summed E-state index contributed by atoms with van der Waals surface area (Å²) < 4.78 is 22.0. The van der Waals surface area contributed by atoms with Crippen LogP contribution in [-0.4, -0.2) is 58.3 Å². The van der Waals surface area contributed by atoms with Crippen molar-refractivity contribution in [1.29, 1.82) is 0 Å². The van der Waals surface area contributed by atoms with Crippen molar-refractivity contribution in [3.63, 3.8) is 0 Å². The molecule has 4 fully saturated rings. The van der Waals surface area contributed by atoms with Crippen LogP contribution < -0.4 is 0 Å². The lowest BCUT2D eigenvalue weighted by molar-refractivity contribution is -0.189. The first-order chi connectivity index (χ1) is 12.7. The van der Waals surface area contributed by atoms with Gasteiger partial charge in [-0.1, -0.05) is 12.2 Å². The Kier molecular flexibility index (Phi) is 2.31. The van der Waals surface area contributed by atoms with Crippen molar-refractivity contribution in [2.75, 3.05) is 0 Å². The smallest absolute Gasteiger partial charge is 0.344 e. The number of aliphatic hydroxyl groups excluding tert-OH is 2. The minimum atomic E-state index is -1.84. The molecule has 3 saturated heterocycles. The zero-order valence-electron chi connectivity index (χ0n) is 14.0. The van der Waals surface area contributed by atoms with Crippen LogP contribution in [-0.2, 0) is 33.3 Å². The lowest BCUT2D eigenvalue weighted by atomic mass is 9.55. The van der Waals surface area contributed by atoms with Crippen molar-refractivity contribution in [2.24, 2.45) is 16.7 Å². The number of hydrogen-bond donors (Lipinski definition) is 2. The summed E-state index contributed by atoms with van der Waals surface area (Å²) in [6, 6.07) is 0. The molecule has 4 aliphatic heterocycles. The highest BCUT2D eigenvalue weighted by atomic mass is 16.7. The first-order valence-electron chi connectivity index (χ1n) is 8.51. The Hall–Kier alpha value is -2.49. The predicted molar refractivity (Wildman–Crippen MR) is 81.0 cm³/mol. The van der Waals surface area contributed by atoms with Crippen LogP contribution in [0.1, 0.15) is 6.92 Å². The highest BCUT2D eigenvalue weighted by molar-refractivity contribution is 6.00. The lowest BCUT2D eigenvalue weighted by Crippen LogP contribution is -2.56. The van der Waals surface area contributed by atoms with Gasteiger partial charge in [-0.25, -0.2) is 14.4 Å². The van der Waals surface area contributed by atoms with Gasteiger partial charge in [0, 0.05) is 17.6 Å². The number of carbonyl (C=O) groups is 3. The van der Waals surface area contributed by atoms with Gasteiger partial charge in [0.25, 0.3) is 0 Å². The van der Waals surface area contributed by atoms with Gasteiger partial charge in [0.2, 0.25) is 11.9 Å². The number of fused-ring (bicyclic) bond motifs is 1. The van der Waals surface area contributed by atoms with E-state index in [2.05, 4.69) is 6.58 Å². The van der Waals surface area contributed by atoms with Gasteiger partial charge in [-0.2, -0.15) is 0 Å². The Balaban J connectivity index is 1.74. The third-order valence-electron chi connectivity index (χ3n) is 7.02. The minimum Gasteiger partial charge on any atom is -0.456 e. The highest BCUT2D eigenvalue weighted by Crippen LogP contribution is 2.81. The number of ether oxygens (including phenoxy) is 4. The lowest BCUT2D eigenvalue weighted by Gasteiger charge is -2.40. The third kappa shape index (κ3) is 1.14. The fraction of sp³-hybridized carbons (Fsp3) is 0.500. The molecule has 9 nitrogen and oxygen atoms in total. The van der Waals surface area contributed by atoms with Crippen LogP contribution in [0.2, 0.25) is 0 Å². The van der Waals surface area contributed by atoms with Crippen molar-refractivity contribution < 1.29 is 43.5 Å². The molecule has 1 saturated carbocycles. The maximum absolute atomic E-state index is 13.0. The molecule has 0 bridgehead atoms. The molecule has 6 aliphatic rings. The SMILES string of the molecule is C=C(C)[C@@H]1[C@@H](O)C2OC(=O)C34OC5OC(=O)[C@H](O)C51C23C=C1OC(=O)C=C14. The van der Waals surface area contributed by atoms with Gasteiger partial charge < -0.3 is 29.2 Å². The number of carbonyl (C=O) groups excluding carboxylic acids is 3. The molecule has 0 aromatic carbocycles. The summed E-state index contributed by atoms with van der Waals surface area (Å²) in [5.41, 5.74) is -4.22. The van der Waals surface area contributed by atoms with Crippen LogP contribution >= 0.6 is 0 Å². The summed E-state index contributed by atoms with van der Waals surface area (Å²) in [6.07, 6.45) is -2.77. The standard InChI is InChI=1S/C18H14O9/c1-5(2)9-10(20)12-16-4-7-6(3-8(19)24-7)18(16,14(23)25-12)27-15-17(9,16)11(21)13(22)26-15/h3-4,9-12,15,20-21H,1H2,2H3/t9-,10-,11+,12?,15?,16?,17?,18?/m1/s1. The van der Waals surface area contributed by atoms with Gasteiger partial charge in [0.15, 0.2) is 6.10 Å². The van der Waals surface area contributed by atoms with Crippen molar-refractivity contribution in [1.82, 2.24) is 0 Å². The maximum Gasteiger partial charge on any atom is 0.344 e. The number of esters is 3. The van der Waals surface area contributed by atoms with E-state index < -0.39 is 64.9 Å². The Morgan fingerprint density at radius 2 is 1.96 bits per heavy atom. The Bertz CT molecular complexity index is 962. The second-order valence-corrected chi connectivity index (χ2v) is 7.90. The summed E-state index contributed by atoms with van der Waals surface area (Å²) in [5.74, 6) is -3.14. The molecule has 6 rings (SSSR count). The molecule has 4 heterocycles. The fourth-order valence-electron chi connectivity index (χ4n) is 6.40. The molecule has 9 heteroatoms. The quantitative estimate of drug-likeness (QED) is 0.332. The average molecular weight is 374 g/mol. The van der Waals surface area contributed by atoms with Gasteiger partial charge in [-0.3, -0.25) is 0 Å². The first-order valence-corrected chi connectivity index (χ1v) is 8.51. The predicted octanol–water partition coefficient (Wildman–Crippen LogP) is -1.16. The van der Waals surface area contributed by atoms with E-state index >= 15 is 0 Å².